The first-order chi connectivity index (χ1) is 9.76. The molecule has 5 heteroatoms. The van der Waals surface area contributed by atoms with Gasteiger partial charge >= 0.3 is 0 Å². The van der Waals surface area contributed by atoms with Gasteiger partial charge in [-0.1, -0.05) is 18.2 Å². The molecule has 0 aliphatic rings. The molecule has 0 spiro atoms. The average Bonchev–Trinajstić information content (AvgIpc) is 3.06. The number of aromatic nitrogens is 2. The van der Waals surface area contributed by atoms with Gasteiger partial charge in [0, 0.05) is 18.0 Å². The molecule has 20 heavy (non-hydrogen) atoms. The van der Waals surface area contributed by atoms with Crippen LogP contribution in [-0.2, 0) is 7.05 Å². The minimum Gasteiger partial charge on any atom is -0.493 e. The lowest BCUT2D eigenvalue weighted by Crippen LogP contribution is -2.21. The third-order valence-corrected chi connectivity index (χ3v) is 3.55. The largest absolute Gasteiger partial charge is 0.493 e. The predicted octanol–water partition coefficient (Wildman–Crippen LogP) is 2.48. The maximum absolute atomic E-state index is 5.63. The molecule has 1 N–H and O–H groups in total. The smallest absolute Gasteiger partial charge is 0.161 e. The zero-order chi connectivity index (χ0) is 14.1. The number of nitrogens with zero attached hydrogens (tertiary/aromatic N) is 2. The number of benzene rings is 1. The van der Waals surface area contributed by atoms with Gasteiger partial charge in [-0.05, 0) is 13.1 Å². The fraction of sp³-hybridized carbons (Fsp3) is 0.267. The first-order valence-electron chi connectivity index (χ1n) is 6.45. The maximum Gasteiger partial charge on any atom is 0.161 e. The van der Waals surface area contributed by atoms with Crippen molar-refractivity contribution < 1.29 is 9.15 Å². The van der Waals surface area contributed by atoms with Crippen LogP contribution in [0.25, 0.3) is 11.0 Å². The fourth-order valence-electron chi connectivity index (χ4n) is 2.57. The van der Waals surface area contributed by atoms with Crippen molar-refractivity contribution >= 4 is 11.0 Å². The van der Waals surface area contributed by atoms with Gasteiger partial charge in [-0.2, -0.15) is 5.10 Å². The van der Waals surface area contributed by atoms with Gasteiger partial charge in [0.25, 0.3) is 0 Å². The number of para-hydroxylation sites is 1. The van der Waals surface area contributed by atoms with Crippen molar-refractivity contribution in [2.45, 2.75) is 6.04 Å². The number of furan rings is 1. The van der Waals surface area contributed by atoms with E-state index in [4.69, 9.17) is 9.15 Å². The summed E-state index contributed by atoms with van der Waals surface area (Å²) in [5.41, 5.74) is 2.93. The molecule has 0 saturated carbocycles. The Morgan fingerprint density at radius 2 is 2.15 bits per heavy atom. The molecule has 3 aromatic rings. The summed E-state index contributed by atoms with van der Waals surface area (Å²) in [5, 5.41) is 8.67. The van der Waals surface area contributed by atoms with Crippen molar-refractivity contribution in [2.24, 2.45) is 7.05 Å². The van der Waals surface area contributed by atoms with E-state index in [1.807, 2.05) is 37.0 Å². The number of nitrogens with one attached hydrogen (secondary N) is 1. The van der Waals surface area contributed by atoms with Gasteiger partial charge in [-0.25, -0.2) is 0 Å². The van der Waals surface area contributed by atoms with E-state index in [-0.39, 0.29) is 6.04 Å². The molecule has 0 saturated heterocycles. The molecule has 2 heterocycles. The molecule has 0 bridgehead atoms. The van der Waals surface area contributed by atoms with Gasteiger partial charge in [0.05, 0.1) is 25.6 Å². The van der Waals surface area contributed by atoms with Gasteiger partial charge in [-0.15, -0.1) is 0 Å². The van der Waals surface area contributed by atoms with Crippen LogP contribution in [0, 0.1) is 0 Å². The summed E-state index contributed by atoms with van der Waals surface area (Å²) in [6.07, 6.45) is 3.51. The van der Waals surface area contributed by atoms with Gasteiger partial charge in [0.2, 0.25) is 0 Å². The maximum atomic E-state index is 5.63. The van der Waals surface area contributed by atoms with E-state index >= 15 is 0 Å². The van der Waals surface area contributed by atoms with E-state index in [1.165, 1.54) is 0 Å². The third kappa shape index (κ3) is 1.87. The Morgan fingerprint density at radius 1 is 1.35 bits per heavy atom. The van der Waals surface area contributed by atoms with E-state index in [0.29, 0.717) is 0 Å². The molecule has 2 aromatic heterocycles. The number of rotatable bonds is 4. The predicted molar refractivity (Wildman–Crippen MR) is 76.9 cm³/mol. The molecule has 0 aliphatic carbocycles. The van der Waals surface area contributed by atoms with Crippen LogP contribution >= 0.6 is 0 Å². The Morgan fingerprint density at radius 3 is 2.90 bits per heavy atom. The summed E-state index contributed by atoms with van der Waals surface area (Å²) in [6.45, 7) is 0. The second-order valence-corrected chi connectivity index (χ2v) is 4.63. The van der Waals surface area contributed by atoms with Crippen LogP contribution in [0.2, 0.25) is 0 Å². The van der Waals surface area contributed by atoms with Crippen LogP contribution in [0.5, 0.6) is 5.75 Å². The van der Waals surface area contributed by atoms with Crippen LogP contribution in [0.15, 0.2) is 41.1 Å². The topological polar surface area (TPSA) is 52.2 Å². The van der Waals surface area contributed by atoms with Crippen LogP contribution < -0.4 is 10.1 Å². The zero-order valence-corrected chi connectivity index (χ0v) is 11.8. The molecular weight excluding hydrogens is 254 g/mol. The van der Waals surface area contributed by atoms with E-state index in [0.717, 1.165) is 28.0 Å². The fourth-order valence-corrected chi connectivity index (χ4v) is 2.57. The molecule has 1 aromatic carbocycles. The monoisotopic (exact) mass is 271 g/mol. The highest BCUT2D eigenvalue weighted by Crippen LogP contribution is 2.34. The van der Waals surface area contributed by atoms with Crippen LogP contribution in [0.4, 0.5) is 0 Å². The van der Waals surface area contributed by atoms with Crippen LogP contribution in [0.3, 0.4) is 0 Å². The molecule has 5 nitrogen and oxygen atoms in total. The van der Waals surface area contributed by atoms with Crippen LogP contribution in [0.1, 0.15) is 17.3 Å². The summed E-state index contributed by atoms with van der Waals surface area (Å²) in [4.78, 5) is 0. The van der Waals surface area contributed by atoms with E-state index in [9.17, 15) is 0 Å². The molecule has 0 aliphatic heterocycles. The van der Waals surface area contributed by atoms with Gasteiger partial charge in [0.1, 0.15) is 11.3 Å². The molecule has 1 atom stereocenters. The highest BCUT2D eigenvalue weighted by Gasteiger charge is 2.24. The SMILES string of the molecule is CNC(c1coc2ccccc12)c1c(OC)cnn1C. The summed E-state index contributed by atoms with van der Waals surface area (Å²) in [5.74, 6) is 0.761. The van der Waals surface area contributed by atoms with E-state index in [1.54, 1.807) is 19.6 Å². The van der Waals surface area contributed by atoms with Gasteiger partial charge in [-0.3, -0.25) is 4.68 Å². The Bertz CT molecular complexity index is 730. The lowest BCUT2D eigenvalue weighted by atomic mass is 10.0. The molecular formula is C15H17N3O2. The summed E-state index contributed by atoms with van der Waals surface area (Å²) >= 11 is 0. The number of fused-ring (bicyclic) bond motifs is 1. The quantitative estimate of drug-likeness (QED) is 0.792. The summed E-state index contributed by atoms with van der Waals surface area (Å²) in [7, 11) is 5.48. The van der Waals surface area contributed by atoms with Crippen molar-refractivity contribution in [1.82, 2.24) is 15.1 Å². The normalized spacial score (nSPS) is 12.8. The summed E-state index contributed by atoms with van der Waals surface area (Å²) in [6, 6.07) is 7.96. The molecule has 0 radical (unpaired) electrons. The highest BCUT2D eigenvalue weighted by atomic mass is 16.5. The Kier molecular flexibility index (Phi) is 3.20. The Labute approximate surface area is 117 Å². The van der Waals surface area contributed by atoms with Crippen molar-refractivity contribution in [3.05, 3.63) is 48.0 Å². The van der Waals surface area contributed by atoms with Gasteiger partial charge in [0.15, 0.2) is 5.75 Å². The Hall–Kier alpha value is -2.27. The number of methoxy groups -OCH3 is 1. The first kappa shape index (κ1) is 12.7. The highest BCUT2D eigenvalue weighted by molar-refractivity contribution is 5.82. The third-order valence-electron chi connectivity index (χ3n) is 3.55. The molecule has 0 fully saturated rings. The van der Waals surface area contributed by atoms with Crippen LogP contribution in [-0.4, -0.2) is 23.9 Å². The zero-order valence-electron chi connectivity index (χ0n) is 11.8. The van der Waals surface area contributed by atoms with Crippen molar-refractivity contribution in [3.8, 4) is 5.75 Å². The standard InChI is InChI=1S/C15H17N3O2/c1-16-14(15-13(19-3)8-17-18(15)2)11-9-20-12-7-5-4-6-10(11)12/h4-9,14,16H,1-3H3. The Balaban J connectivity index is 2.16. The number of hydrogen-bond acceptors (Lipinski definition) is 4. The number of ether oxygens (including phenoxy) is 1. The second-order valence-electron chi connectivity index (χ2n) is 4.63. The number of hydrogen-bond donors (Lipinski definition) is 1. The van der Waals surface area contributed by atoms with Crippen molar-refractivity contribution in [3.63, 3.8) is 0 Å². The van der Waals surface area contributed by atoms with E-state index in [2.05, 4.69) is 16.5 Å². The molecule has 0 amide bonds. The minimum absolute atomic E-state index is 0.0406. The van der Waals surface area contributed by atoms with Crippen molar-refractivity contribution in [1.29, 1.82) is 0 Å². The summed E-state index contributed by atoms with van der Waals surface area (Å²) < 4.78 is 12.9. The lowest BCUT2D eigenvalue weighted by Gasteiger charge is -2.17. The van der Waals surface area contributed by atoms with Crippen molar-refractivity contribution in [2.75, 3.05) is 14.2 Å². The first-order valence-corrected chi connectivity index (χ1v) is 6.45. The lowest BCUT2D eigenvalue weighted by molar-refractivity contribution is 0.402. The molecule has 3 rings (SSSR count). The average molecular weight is 271 g/mol. The molecule has 1 unspecified atom stereocenters. The second kappa shape index (κ2) is 5.02. The minimum atomic E-state index is -0.0406. The van der Waals surface area contributed by atoms with E-state index < -0.39 is 0 Å². The number of aryl methyl sites for hydroxylation is 1. The van der Waals surface area contributed by atoms with Gasteiger partial charge < -0.3 is 14.5 Å². The molecule has 104 valence electrons.